The molecule has 0 unspecified atom stereocenters. The van der Waals surface area contributed by atoms with Gasteiger partial charge in [-0.2, -0.15) is 5.10 Å². The second-order valence-corrected chi connectivity index (χ2v) is 3.67. The zero-order valence-corrected chi connectivity index (χ0v) is 10.3. The highest BCUT2D eigenvalue weighted by atomic mass is 35.5. The number of Topliss-reactive ketones (excluding diaryl/α,β-unsaturated/α-hetero) is 1. The van der Waals surface area contributed by atoms with E-state index in [1.807, 2.05) is 6.92 Å². The van der Waals surface area contributed by atoms with E-state index in [0.717, 1.165) is 6.54 Å². The first-order chi connectivity index (χ1) is 7.70. The van der Waals surface area contributed by atoms with E-state index in [-0.39, 0.29) is 12.3 Å². The monoisotopic (exact) mass is 245 g/mol. The number of likely N-dealkylation sites (N-methyl/N-ethyl adjacent to an activating group) is 1. The average molecular weight is 246 g/mol. The van der Waals surface area contributed by atoms with Crippen LogP contribution in [-0.4, -0.2) is 42.4 Å². The lowest BCUT2D eigenvalue weighted by molar-refractivity contribution is 0.0978. The van der Waals surface area contributed by atoms with E-state index < -0.39 is 0 Å². The van der Waals surface area contributed by atoms with Gasteiger partial charge in [-0.3, -0.25) is 9.48 Å². The van der Waals surface area contributed by atoms with Gasteiger partial charge >= 0.3 is 0 Å². The highest BCUT2D eigenvalue weighted by molar-refractivity contribution is 6.33. The van der Waals surface area contributed by atoms with Gasteiger partial charge in [0.05, 0.1) is 30.9 Å². The third kappa shape index (κ3) is 3.30. The second kappa shape index (κ2) is 6.62. The smallest absolute Gasteiger partial charge is 0.196 e. The summed E-state index contributed by atoms with van der Waals surface area (Å²) in [7, 11) is 1.60. The zero-order valence-electron chi connectivity index (χ0n) is 9.49. The van der Waals surface area contributed by atoms with Crippen LogP contribution in [0.1, 0.15) is 17.4 Å². The van der Waals surface area contributed by atoms with Crippen molar-refractivity contribution in [1.82, 2.24) is 15.1 Å². The predicted molar refractivity (Wildman–Crippen MR) is 62.0 cm³/mol. The average Bonchev–Trinajstić information content (AvgIpc) is 2.64. The fraction of sp³-hybridized carbons (Fsp3) is 0.600. The van der Waals surface area contributed by atoms with E-state index in [4.69, 9.17) is 16.3 Å². The summed E-state index contributed by atoms with van der Waals surface area (Å²) in [6.45, 7) is 3.98. The molecule has 0 radical (unpaired) electrons. The number of nitrogens with zero attached hydrogens (tertiary/aromatic N) is 2. The highest BCUT2D eigenvalue weighted by Crippen LogP contribution is 2.15. The fourth-order valence-corrected chi connectivity index (χ4v) is 1.56. The molecule has 0 amide bonds. The third-order valence-electron chi connectivity index (χ3n) is 2.10. The van der Waals surface area contributed by atoms with Gasteiger partial charge < -0.3 is 10.1 Å². The number of carbonyl (C=O) groups excluding carboxylic acids is 1. The molecule has 0 saturated carbocycles. The van der Waals surface area contributed by atoms with Gasteiger partial charge in [-0.05, 0) is 6.54 Å². The van der Waals surface area contributed by atoms with Gasteiger partial charge in [0, 0.05) is 7.11 Å². The summed E-state index contributed by atoms with van der Waals surface area (Å²) in [5.41, 5.74) is 0.444. The number of methoxy groups -OCH3 is 1. The van der Waals surface area contributed by atoms with Crippen LogP contribution >= 0.6 is 11.6 Å². The molecule has 90 valence electrons. The molecule has 0 fully saturated rings. The maximum Gasteiger partial charge on any atom is 0.196 e. The number of nitrogens with one attached hydrogen (secondary N) is 1. The minimum absolute atomic E-state index is 0.0551. The standard InChI is InChI=1S/C10H16ClN3O2/c1-3-12-7-9(15)10-8(11)6-13-14(10)4-5-16-2/h6,12H,3-5,7H2,1-2H3. The van der Waals surface area contributed by atoms with Gasteiger partial charge in [0.25, 0.3) is 0 Å². The van der Waals surface area contributed by atoms with Crippen LogP contribution in [-0.2, 0) is 11.3 Å². The first-order valence-corrected chi connectivity index (χ1v) is 5.52. The molecular weight excluding hydrogens is 230 g/mol. The molecule has 0 aliphatic rings. The summed E-state index contributed by atoms with van der Waals surface area (Å²) < 4.78 is 6.51. The van der Waals surface area contributed by atoms with Crippen LogP contribution < -0.4 is 5.32 Å². The lowest BCUT2D eigenvalue weighted by Crippen LogP contribution is -2.25. The van der Waals surface area contributed by atoms with E-state index >= 15 is 0 Å². The molecular formula is C10H16ClN3O2. The van der Waals surface area contributed by atoms with E-state index in [0.29, 0.717) is 23.9 Å². The molecule has 0 aromatic carbocycles. The van der Waals surface area contributed by atoms with Crippen LogP contribution in [0.3, 0.4) is 0 Å². The van der Waals surface area contributed by atoms with E-state index in [1.165, 1.54) is 6.20 Å². The van der Waals surface area contributed by atoms with Crippen molar-refractivity contribution in [2.75, 3.05) is 26.8 Å². The van der Waals surface area contributed by atoms with E-state index in [2.05, 4.69) is 10.4 Å². The first kappa shape index (κ1) is 13.2. The Kier molecular flexibility index (Phi) is 5.45. The molecule has 1 aromatic heterocycles. The van der Waals surface area contributed by atoms with Crippen molar-refractivity contribution in [1.29, 1.82) is 0 Å². The number of hydrogen-bond donors (Lipinski definition) is 1. The molecule has 1 aromatic rings. The Hall–Kier alpha value is -0.910. The molecule has 0 aliphatic carbocycles. The second-order valence-electron chi connectivity index (χ2n) is 3.26. The summed E-state index contributed by atoms with van der Waals surface area (Å²) in [6, 6.07) is 0. The van der Waals surface area contributed by atoms with Gasteiger partial charge in [0.1, 0.15) is 5.69 Å². The molecule has 0 atom stereocenters. The molecule has 1 rings (SSSR count). The van der Waals surface area contributed by atoms with Crippen molar-refractivity contribution in [3.8, 4) is 0 Å². The molecule has 16 heavy (non-hydrogen) atoms. The van der Waals surface area contributed by atoms with Gasteiger partial charge in [-0.15, -0.1) is 0 Å². The van der Waals surface area contributed by atoms with Crippen molar-refractivity contribution in [2.45, 2.75) is 13.5 Å². The number of carbonyl (C=O) groups is 1. The summed E-state index contributed by atoms with van der Waals surface area (Å²) in [4.78, 5) is 11.8. The molecule has 6 heteroatoms. The van der Waals surface area contributed by atoms with Crippen LogP contribution in [0.2, 0.25) is 5.02 Å². The first-order valence-electron chi connectivity index (χ1n) is 5.14. The summed E-state index contributed by atoms with van der Waals surface area (Å²) in [5.74, 6) is -0.0551. The molecule has 0 spiro atoms. The number of rotatable bonds is 7. The van der Waals surface area contributed by atoms with Crippen molar-refractivity contribution in [3.63, 3.8) is 0 Å². The molecule has 1 N–H and O–H groups in total. The minimum atomic E-state index is -0.0551. The lowest BCUT2D eigenvalue weighted by atomic mass is 10.3. The lowest BCUT2D eigenvalue weighted by Gasteiger charge is -2.06. The SMILES string of the molecule is CCNCC(=O)c1c(Cl)cnn1CCOC. The van der Waals surface area contributed by atoms with Crippen LogP contribution in [0, 0.1) is 0 Å². The Morgan fingerprint density at radius 3 is 3.06 bits per heavy atom. The maximum atomic E-state index is 11.8. The van der Waals surface area contributed by atoms with Crippen LogP contribution in [0.25, 0.3) is 0 Å². The van der Waals surface area contributed by atoms with Crippen molar-refractivity contribution < 1.29 is 9.53 Å². The largest absolute Gasteiger partial charge is 0.383 e. The number of ether oxygens (including phenoxy) is 1. The number of halogens is 1. The predicted octanol–water partition coefficient (Wildman–Crippen LogP) is 0.975. The molecule has 0 aliphatic heterocycles. The Labute approximate surface area is 99.7 Å². The van der Waals surface area contributed by atoms with Crippen molar-refractivity contribution in [2.24, 2.45) is 0 Å². The van der Waals surface area contributed by atoms with Crippen molar-refractivity contribution >= 4 is 17.4 Å². The van der Waals surface area contributed by atoms with Gasteiger partial charge in [-0.25, -0.2) is 0 Å². The maximum absolute atomic E-state index is 11.8. The van der Waals surface area contributed by atoms with E-state index in [1.54, 1.807) is 11.8 Å². The third-order valence-corrected chi connectivity index (χ3v) is 2.38. The van der Waals surface area contributed by atoms with Crippen LogP contribution in [0.15, 0.2) is 6.20 Å². The van der Waals surface area contributed by atoms with Crippen LogP contribution in [0.5, 0.6) is 0 Å². The van der Waals surface area contributed by atoms with Gasteiger partial charge in [0.2, 0.25) is 0 Å². The quantitative estimate of drug-likeness (QED) is 0.728. The Bertz CT molecular complexity index is 352. The normalized spacial score (nSPS) is 10.7. The minimum Gasteiger partial charge on any atom is -0.383 e. The summed E-state index contributed by atoms with van der Waals surface area (Å²) >= 11 is 5.92. The topological polar surface area (TPSA) is 56.2 Å². The Balaban J connectivity index is 2.75. The molecule has 5 nitrogen and oxygen atoms in total. The summed E-state index contributed by atoms with van der Waals surface area (Å²) in [6.07, 6.45) is 1.48. The number of ketones is 1. The highest BCUT2D eigenvalue weighted by Gasteiger charge is 2.16. The van der Waals surface area contributed by atoms with E-state index in [9.17, 15) is 4.79 Å². The zero-order chi connectivity index (χ0) is 12.0. The van der Waals surface area contributed by atoms with Gasteiger partial charge in [-0.1, -0.05) is 18.5 Å². The number of aromatic nitrogens is 2. The number of hydrogen-bond acceptors (Lipinski definition) is 4. The molecule has 0 bridgehead atoms. The Morgan fingerprint density at radius 2 is 2.44 bits per heavy atom. The summed E-state index contributed by atoms with van der Waals surface area (Å²) in [5, 5.41) is 7.39. The molecule has 1 heterocycles. The fourth-order valence-electron chi connectivity index (χ4n) is 1.31. The Morgan fingerprint density at radius 1 is 1.69 bits per heavy atom. The van der Waals surface area contributed by atoms with Crippen LogP contribution in [0.4, 0.5) is 0 Å². The van der Waals surface area contributed by atoms with Crippen molar-refractivity contribution in [3.05, 3.63) is 16.9 Å². The molecule has 0 saturated heterocycles. The van der Waals surface area contributed by atoms with Gasteiger partial charge in [0.15, 0.2) is 5.78 Å².